The van der Waals surface area contributed by atoms with Crippen LogP contribution in [0.15, 0.2) is 24.4 Å². The van der Waals surface area contributed by atoms with E-state index < -0.39 is 0 Å². The molecule has 0 bridgehead atoms. The Kier molecular flexibility index (Phi) is 1.83. The first-order valence-electron chi connectivity index (χ1n) is 4.27. The zero-order valence-electron chi connectivity index (χ0n) is 7.78. The van der Waals surface area contributed by atoms with Crippen molar-refractivity contribution in [3.63, 3.8) is 0 Å². The van der Waals surface area contributed by atoms with Crippen LogP contribution in [-0.4, -0.2) is 4.98 Å². The summed E-state index contributed by atoms with van der Waals surface area (Å²) in [7, 11) is 0. The molecule has 0 saturated carbocycles. The number of nitriles is 1. The molecule has 0 spiro atoms. The number of pyridine rings is 1. The predicted octanol–water partition coefficient (Wildman–Crippen LogP) is 2.00. The normalized spacial score (nSPS) is 10.0. The van der Waals surface area contributed by atoms with Gasteiger partial charge in [-0.05, 0) is 18.6 Å². The van der Waals surface area contributed by atoms with E-state index in [4.69, 9.17) is 11.0 Å². The highest BCUT2D eigenvalue weighted by Crippen LogP contribution is 2.22. The Hall–Kier alpha value is -2.08. The molecular formula is C11H9N3. The maximum atomic E-state index is 8.76. The number of aromatic nitrogens is 1. The SMILES string of the molecule is Cc1ccc2c(N)c(C#N)cnc2c1. The van der Waals surface area contributed by atoms with Gasteiger partial charge in [0, 0.05) is 11.6 Å². The average Bonchev–Trinajstić information content (AvgIpc) is 2.18. The summed E-state index contributed by atoms with van der Waals surface area (Å²) < 4.78 is 0. The Balaban J connectivity index is 2.85. The first-order valence-corrected chi connectivity index (χ1v) is 4.27. The number of nitrogen functional groups attached to an aromatic ring is 1. The Morgan fingerprint density at radius 3 is 2.93 bits per heavy atom. The average molecular weight is 183 g/mol. The first kappa shape index (κ1) is 8.52. The molecular weight excluding hydrogens is 174 g/mol. The van der Waals surface area contributed by atoms with Crippen molar-refractivity contribution in [1.29, 1.82) is 5.26 Å². The minimum atomic E-state index is 0.432. The van der Waals surface area contributed by atoms with Gasteiger partial charge in [0.1, 0.15) is 6.07 Å². The van der Waals surface area contributed by atoms with Crippen molar-refractivity contribution in [1.82, 2.24) is 4.98 Å². The van der Waals surface area contributed by atoms with Gasteiger partial charge in [0.25, 0.3) is 0 Å². The van der Waals surface area contributed by atoms with Crippen LogP contribution in [0.5, 0.6) is 0 Å². The third-order valence-corrected chi connectivity index (χ3v) is 2.19. The van der Waals surface area contributed by atoms with Crippen molar-refractivity contribution in [2.75, 3.05) is 5.73 Å². The van der Waals surface area contributed by atoms with Gasteiger partial charge in [0.15, 0.2) is 0 Å². The lowest BCUT2D eigenvalue weighted by molar-refractivity contribution is 1.36. The number of anilines is 1. The van der Waals surface area contributed by atoms with E-state index >= 15 is 0 Å². The number of nitrogens with two attached hydrogens (primary N) is 1. The van der Waals surface area contributed by atoms with Crippen LogP contribution in [0.3, 0.4) is 0 Å². The van der Waals surface area contributed by atoms with Crippen LogP contribution in [0.2, 0.25) is 0 Å². The van der Waals surface area contributed by atoms with Crippen LogP contribution in [0.25, 0.3) is 10.9 Å². The fraction of sp³-hybridized carbons (Fsp3) is 0.0909. The van der Waals surface area contributed by atoms with Gasteiger partial charge in [0.05, 0.1) is 16.8 Å². The second-order valence-electron chi connectivity index (χ2n) is 3.22. The molecule has 1 aromatic heterocycles. The molecule has 0 radical (unpaired) electrons. The molecule has 1 aromatic carbocycles. The molecule has 0 unspecified atom stereocenters. The number of aryl methyl sites for hydroxylation is 1. The Bertz CT molecular complexity index is 538. The van der Waals surface area contributed by atoms with Crippen molar-refractivity contribution in [3.05, 3.63) is 35.5 Å². The summed E-state index contributed by atoms with van der Waals surface area (Å²) in [5.41, 5.74) is 8.73. The monoisotopic (exact) mass is 183 g/mol. The van der Waals surface area contributed by atoms with E-state index in [-0.39, 0.29) is 0 Å². The highest BCUT2D eigenvalue weighted by molar-refractivity contribution is 5.92. The Morgan fingerprint density at radius 2 is 2.21 bits per heavy atom. The van der Waals surface area contributed by atoms with E-state index in [1.165, 1.54) is 6.20 Å². The quantitative estimate of drug-likeness (QED) is 0.679. The molecule has 2 rings (SSSR count). The molecule has 0 aliphatic carbocycles. The fourth-order valence-corrected chi connectivity index (χ4v) is 1.41. The molecule has 0 aliphatic heterocycles. The molecule has 2 aromatic rings. The van der Waals surface area contributed by atoms with Crippen LogP contribution in [-0.2, 0) is 0 Å². The lowest BCUT2D eigenvalue weighted by Crippen LogP contribution is -1.94. The third kappa shape index (κ3) is 1.17. The number of fused-ring (bicyclic) bond motifs is 1. The van der Waals surface area contributed by atoms with Gasteiger partial charge in [-0.3, -0.25) is 4.98 Å². The van der Waals surface area contributed by atoms with Gasteiger partial charge in [-0.1, -0.05) is 12.1 Å². The summed E-state index contributed by atoms with van der Waals surface area (Å²) in [4.78, 5) is 4.17. The standard InChI is InChI=1S/C11H9N3/c1-7-2-3-9-10(4-7)14-6-8(5-12)11(9)13/h2-4,6H,1H3,(H2,13,14). The van der Waals surface area contributed by atoms with Crippen molar-refractivity contribution in [2.24, 2.45) is 0 Å². The van der Waals surface area contributed by atoms with E-state index in [1.807, 2.05) is 31.2 Å². The highest BCUT2D eigenvalue weighted by atomic mass is 14.7. The largest absolute Gasteiger partial charge is 0.397 e. The van der Waals surface area contributed by atoms with Gasteiger partial charge in [-0.2, -0.15) is 5.26 Å². The van der Waals surface area contributed by atoms with Crippen LogP contribution < -0.4 is 5.73 Å². The minimum absolute atomic E-state index is 0.432. The number of nitrogens with zero attached hydrogens (tertiary/aromatic N) is 2. The number of hydrogen-bond donors (Lipinski definition) is 1. The molecule has 0 amide bonds. The maximum absolute atomic E-state index is 8.76. The molecule has 0 aliphatic rings. The van der Waals surface area contributed by atoms with Gasteiger partial charge in [-0.25, -0.2) is 0 Å². The molecule has 2 N–H and O–H groups in total. The van der Waals surface area contributed by atoms with Crippen LogP contribution in [0.4, 0.5) is 5.69 Å². The van der Waals surface area contributed by atoms with Crippen molar-refractivity contribution >= 4 is 16.6 Å². The summed E-state index contributed by atoms with van der Waals surface area (Å²) in [6.45, 7) is 2.00. The molecule has 68 valence electrons. The second-order valence-corrected chi connectivity index (χ2v) is 3.22. The topological polar surface area (TPSA) is 62.7 Å². The van der Waals surface area contributed by atoms with E-state index in [0.717, 1.165) is 16.5 Å². The molecule has 0 atom stereocenters. The van der Waals surface area contributed by atoms with E-state index in [1.54, 1.807) is 0 Å². The molecule has 3 heteroatoms. The van der Waals surface area contributed by atoms with Crippen LogP contribution >= 0.6 is 0 Å². The van der Waals surface area contributed by atoms with E-state index in [2.05, 4.69) is 4.98 Å². The van der Waals surface area contributed by atoms with Gasteiger partial charge >= 0.3 is 0 Å². The Morgan fingerprint density at radius 1 is 1.43 bits per heavy atom. The second kappa shape index (κ2) is 3.00. The first-order chi connectivity index (χ1) is 6.72. The number of rotatable bonds is 0. The lowest BCUT2D eigenvalue weighted by atomic mass is 10.1. The lowest BCUT2D eigenvalue weighted by Gasteiger charge is -2.03. The van der Waals surface area contributed by atoms with Crippen molar-refractivity contribution in [3.8, 4) is 6.07 Å². The van der Waals surface area contributed by atoms with Crippen LogP contribution in [0.1, 0.15) is 11.1 Å². The zero-order chi connectivity index (χ0) is 10.1. The number of benzene rings is 1. The van der Waals surface area contributed by atoms with Gasteiger partial charge < -0.3 is 5.73 Å². The van der Waals surface area contributed by atoms with Crippen LogP contribution in [0, 0.1) is 18.3 Å². The zero-order valence-corrected chi connectivity index (χ0v) is 7.78. The molecule has 3 nitrogen and oxygen atoms in total. The van der Waals surface area contributed by atoms with E-state index in [9.17, 15) is 0 Å². The fourth-order valence-electron chi connectivity index (χ4n) is 1.41. The predicted molar refractivity (Wildman–Crippen MR) is 55.6 cm³/mol. The van der Waals surface area contributed by atoms with Crippen molar-refractivity contribution in [2.45, 2.75) is 6.92 Å². The van der Waals surface area contributed by atoms with E-state index in [0.29, 0.717) is 11.3 Å². The van der Waals surface area contributed by atoms with Crippen molar-refractivity contribution < 1.29 is 0 Å². The summed E-state index contributed by atoms with van der Waals surface area (Å²) in [6, 6.07) is 7.82. The molecule has 0 fully saturated rings. The van der Waals surface area contributed by atoms with Gasteiger partial charge in [0.2, 0.25) is 0 Å². The van der Waals surface area contributed by atoms with Gasteiger partial charge in [-0.15, -0.1) is 0 Å². The highest BCUT2D eigenvalue weighted by Gasteiger charge is 2.04. The minimum Gasteiger partial charge on any atom is -0.397 e. The maximum Gasteiger partial charge on any atom is 0.103 e. The third-order valence-electron chi connectivity index (χ3n) is 2.19. The summed E-state index contributed by atoms with van der Waals surface area (Å²) in [5.74, 6) is 0. The molecule has 14 heavy (non-hydrogen) atoms. The molecule has 0 saturated heterocycles. The number of hydrogen-bond acceptors (Lipinski definition) is 3. The summed E-state index contributed by atoms with van der Waals surface area (Å²) in [5, 5.41) is 9.60. The summed E-state index contributed by atoms with van der Waals surface area (Å²) >= 11 is 0. The smallest absolute Gasteiger partial charge is 0.103 e. The summed E-state index contributed by atoms with van der Waals surface area (Å²) in [6.07, 6.45) is 1.51. The molecule has 1 heterocycles. The Labute approximate surface area is 81.8 Å².